The second-order valence-corrected chi connectivity index (χ2v) is 5.23. The van der Waals surface area contributed by atoms with Crippen LogP contribution in [0.4, 0.5) is 0 Å². The summed E-state index contributed by atoms with van der Waals surface area (Å²) in [7, 11) is -3.32. The molecule has 0 bridgehead atoms. The van der Waals surface area contributed by atoms with Crippen molar-refractivity contribution >= 4 is 21.4 Å². The first-order valence-corrected chi connectivity index (χ1v) is 5.94. The van der Waals surface area contributed by atoms with Crippen molar-refractivity contribution in [1.29, 1.82) is 5.26 Å². The fourth-order valence-corrected chi connectivity index (χ4v) is 2.21. The lowest BCUT2D eigenvalue weighted by atomic mass is 10.4. The van der Waals surface area contributed by atoms with Crippen molar-refractivity contribution in [2.24, 2.45) is 0 Å². The summed E-state index contributed by atoms with van der Waals surface area (Å²) in [6, 6.07) is 7.71. The van der Waals surface area contributed by atoms with Gasteiger partial charge >= 0.3 is 0 Å². The maximum Gasteiger partial charge on any atom is 0.179 e. The maximum atomic E-state index is 11.5. The third-order valence-corrected chi connectivity index (χ3v) is 3.64. The Morgan fingerprint density at radius 1 is 1.29 bits per heavy atom. The quantitative estimate of drug-likeness (QED) is 0.797. The van der Waals surface area contributed by atoms with Crippen LogP contribution in [0, 0.1) is 11.3 Å². The second kappa shape index (κ2) is 4.45. The molecule has 0 atom stereocenters. The summed E-state index contributed by atoms with van der Waals surface area (Å²) in [6.07, 6.45) is 0.00492. The Bertz CT molecular complexity index is 445. The van der Waals surface area contributed by atoms with Crippen molar-refractivity contribution in [3.05, 3.63) is 29.3 Å². The van der Waals surface area contributed by atoms with E-state index in [0.29, 0.717) is 5.02 Å². The standard InChI is InChI=1S/C9H8ClNO2S/c10-8-2-4-9(5-3-8)14(12,13)7-1-6-11/h2-5H,1,7H2. The van der Waals surface area contributed by atoms with Gasteiger partial charge in [0.1, 0.15) is 0 Å². The molecule has 1 aromatic carbocycles. The van der Waals surface area contributed by atoms with Gasteiger partial charge in [0.05, 0.1) is 16.7 Å². The van der Waals surface area contributed by atoms with E-state index in [4.69, 9.17) is 16.9 Å². The average molecular weight is 230 g/mol. The first-order valence-electron chi connectivity index (χ1n) is 3.91. The van der Waals surface area contributed by atoms with Gasteiger partial charge in [-0.3, -0.25) is 0 Å². The van der Waals surface area contributed by atoms with Crippen molar-refractivity contribution in [3.63, 3.8) is 0 Å². The number of halogens is 1. The van der Waals surface area contributed by atoms with E-state index in [9.17, 15) is 8.42 Å². The van der Waals surface area contributed by atoms with Crippen LogP contribution in [0.15, 0.2) is 29.2 Å². The molecule has 1 rings (SSSR count). The van der Waals surface area contributed by atoms with Crippen molar-refractivity contribution in [1.82, 2.24) is 0 Å². The molecule has 5 heteroatoms. The number of benzene rings is 1. The van der Waals surface area contributed by atoms with Gasteiger partial charge in [-0.05, 0) is 24.3 Å². The molecular weight excluding hydrogens is 222 g/mol. The lowest BCUT2D eigenvalue weighted by Gasteiger charge is -2.00. The molecule has 14 heavy (non-hydrogen) atoms. The Kier molecular flexibility index (Phi) is 3.50. The van der Waals surface area contributed by atoms with E-state index in [-0.39, 0.29) is 17.1 Å². The Morgan fingerprint density at radius 3 is 2.36 bits per heavy atom. The molecule has 0 fully saturated rings. The molecule has 0 saturated carbocycles. The van der Waals surface area contributed by atoms with E-state index in [1.165, 1.54) is 24.3 Å². The van der Waals surface area contributed by atoms with E-state index in [2.05, 4.69) is 0 Å². The predicted octanol–water partition coefficient (Wildman–Crippen LogP) is 2.03. The third kappa shape index (κ3) is 2.72. The third-order valence-electron chi connectivity index (χ3n) is 1.66. The average Bonchev–Trinajstić information content (AvgIpc) is 2.16. The zero-order chi connectivity index (χ0) is 10.6. The highest BCUT2D eigenvalue weighted by molar-refractivity contribution is 7.91. The first kappa shape index (κ1) is 11.0. The van der Waals surface area contributed by atoms with Crippen LogP contribution in [0.1, 0.15) is 6.42 Å². The van der Waals surface area contributed by atoms with Gasteiger partial charge in [-0.15, -0.1) is 0 Å². The van der Waals surface area contributed by atoms with Crippen LogP contribution in [0.2, 0.25) is 5.02 Å². The minimum Gasteiger partial charge on any atom is -0.224 e. The van der Waals surface area contributed by atoms with Crippen LogP contribution in [0.25, 0.3) is 0 Å². The molecule has 0 aliphatic rings. The largest absolute Gasteiger partial charge is 0.224 e. The van der Waals surface area contributed by atoms with Crippen molar-refractivity contribution in [3.8, 4) is 6.07 Å². The molecule has 0 saturated heterocycles. The zero-order valence-electron chi connectivity index (χ0n) is 7.27. The number of nitrogens with zero attached hydrogens (tertiary/aromatic N) is 1. The lowest BCUT2D eigenvalue weighted by Crippen LogP contribution is -2.05. The van der Waals surface area contributed by atoms with E-state index >= 15 is 0 Å². The first-order chi connectivity index (χ1) is 6.56. The molecule has 0 aliphatic carbocycles. The van der Waals surface area contributed by atoms with Gasteiger partial charge in [-0.25, -0.2) is 8.42 Å². The van der Waals surface area contributed by atoms with Gasteiger partial charge < -0.3 is 0 Å². The molecule has 0 N–H and O–H groups in total. The van der Waals surface area contributed by atoms with E-state index in [1.807, 2.05) is 0 Å². The van der Waals surface area contributed by atoms with E-state index in [1.54, 1.807) is 6.07 Å². The van der Waals surface area contributed by atoms with E-state index < -0.39 is 9.84 Å². The molecule has 0 radical (unpaired) electrons. The van der Waals surface area contributed by atoms with Gasteiger partial charge in [0.2, 0.25) is 0 Å². The monoisotopic (exact) mass is 229 g/mol. The minimum absolute atomic E-state index is 0.00492. The lowest BCUT2D eigenvalue weighted by molar-refractivity contribution is 0.596. The number of rotatable bonds is 3. The molecule has 0 aromatic heterocycles. The Morgan fingerprint density at radius 2 is 1.86 bits per heavy atom. The Labute approximate surface area is 87.8 Å². The molecule has 1 aromatic rings. The highest BCUT2D eigenvalue weighted by Crippen LogP contribution is 2.15. The number of hydrogen-bond donors (Lipinski definition) is 0. The summed E-state index contributed by atoms with van der Waals surface area (Å²) >= 11 is 5.62. The van der Waals surface area contributed by atoms with Gasteiger partial charge in [0.15, 0.2) is 9.84 Å². The predicted molar refractivity (Wildman–Crippen MR) is 53.7 cm³/mol. The van der Waals surface area contributed by atoms with Gasteiger partial charge in [0, 0.05) is 11.4 Å². The maximum absolute atomic E-state index is 11.5. The summed E-state index contributed by atoms with van der Waals surface area (Å²) in [5.74, 6) is -0.148. The van der Waals surface area contributed by atoms with Crippen molar-refractivity contribution in [2.75, 3.05) is 5.75 Å². The van der Waals surface area contributed by atoms with Gasteiger partial charge in [-0.2, -0.15) is 5.26 Å². The van der Waals surface area contributed by atoms with Gasteiger partial charge in [-0.1, -0.05) is 11.6 Å². The van der Waals surface area contributed by atoms with Crippen molar-refractivity contribution in [2.45, 2.75) is 11.3 Å². The molecular formula is C9H8ClNO2S. The topological polar surface area (TPSA) is 57.9 Å². The molecule has 0 heterocycles. The van der Waals surface area contributed by atoms with Crippen LogP contribution in [0.5, 0.6) is 0 Å². The fourth-order valence-electron chi connectivity index (χ4n) is 0.940. The summed E-state index contributed by atoms with van der Waals surface area (Å²) in [4.78, 5) is 0.206. The van der Waals surface area contributed by atoms with Gasteiger partial charge in [0.25, 0.3) is 0 Å². The van der Waals surface area contributed by atoms with Crippen LogP contribution in [-0.2, 0) is 9.84 Å². The summed E-state index contributed by atoms with van der Waals surface area (Å²) in [6.45, 7) is 0. The number of sulfone groups is 1. The molecule has 0 aliphatic heterocycles. The molecule has 74 valence electrons. The number of nitriles is 1. The minimum atomic E-state index is -3.32. The molecule has 0 unspecified atom stereocenters. The number of hydrogen-bond acceptors (Lipinski definition) is 3. The van der Waals surface area contributed by atoms with Crippen LogP contribution in [0.3, 0.4) is 0 Å². The fraction of sp³-hybridized carbons (Fsp3) is 0.222. The zero-order valence-corrected chi connectivity index (χ0v) is 8.85. The normalized spacial score (nSPS) is 10.9. The smallest absolute Gasteiger partial charge is 0.179 e. The Hall–Kier alpha value is -1.05. The Balaban J connectivity index is 2.94. The summed E-state index contributed by atoms with van der Waals surface area (Å²) in [5.41, 5.74) is 0. The molecule has 3 nitrogen and oxygen atoms in total. The van der Waals surface area contributed by atoms with Crippen molar-refractivity contribution < 1.29 is 8.42 Å². The van der Waals surface area contributed by atoms with E-state index in [0.717, 1.165) is 0 Å². The van der Waals surface area contributed by atoms with Crippen LogP contribution >= 0.6 is 11.6 Å². The highest BCUT2D eigenvalue weighted by Gasteiger charge is 2.12. The SMILES string of the molecule is N#CCCS(=O)(=O)c1ccc(Cl)cc1. The summed E-state index contributed by atoms with van der Waals surface area (Å²) < 4.78 is 23.0. The summed E-state index contributed by atoms with van der Waals surface area (Å²) in [5, 5.41) is 8.78. The highest BCUT2D eigenvalue weighted by atomic mass is 35.5. The molecule has 0 spiro atoms. The van der Waals surface area contributed by atoms with Crippen LogP contribution < -0.4 is 0 Å². The second-order valence-electron chi connectivity index (χ2n) is 2.68. The van der Waals surface area contributed by atoms with Crippen LogP contribution in [-0.4, -0.2) is 14.2 Å². The molecule has 0 amide bonds.